The molecule has 1 aromatic heterocycles. The van der Waals surface area contributed by atoms with Gasteiger partial charge in [0.1, 0.15) is 18.2 Å². The number of ether oxygens (including phenoxy) is 1. The minimum atomic E-state index is -0.398. The minimum absolute atomic E-state index is 0.0968. The van der Waals surface area contributed by atoms with Crippen molar-refractivity contribution >= 4 is 23.4 Å². The van der Waals surface area contributed by atoms with Crippen LogP contribution in [0.3, 0.4) is 0 Å². The van der Waals surface area contributed by atoms with Crippen molar-refractivity contribution in [2.45, 2.75) is 25.6 Å². The van der Waals surface area contributed by atoms with Gasteiger partial charge in [0.25, 0.3) is 0 Å². The highest BCUT2D eigenvalue weighted by Crippen LogP contribution is 2.24. The molecule has 0 saturated heterocycles. The average Bonchev–Trinajstić information content (AvgIpc) is 3.23. The highest BCUT2D eigenvalue weighted by molar-refractivity contribution is 7.99. The number of aryl methyl sites for hydroxylation is 2. The summed E-state index contributed by atoms with van der Waals surface area (Å²) in [7, 11) is 0. The molecule has 0 radical (unpaired) electrons. The molecule has 0 bridgehead atoms. The van der Waals surface area contributed by atoms with Crippen LogP contribution in [0.5, 0.6) is 5.75 Å². The maximum absolute atomic E-state index is 13.5. The summed E-state index contributed by atoms with van der Waals surface area (Å²) in [5, 5.41) is 11.9. The maximum Gasteiger partial charge on any atom is 0.234 e. The van der Waals surface area contributed by atoms with E-state index in [0.717, 1.165) is 22.6 Å². The second kappa shape index (κ2) is 10.3. The number of nitrogens with zero attached hydrogens (tertiary/aromatic N) is 3. The Hall–Kier alpha value is -3.65. The van der Waals surface area contributed by atoms with Gasteiger partial charge in [0.15, 0.2) is 11.0 Å². The van der Waals surface area contributed by atoms with E-state index in [-0.39, 0.29) is 18.3 Å². The van der Waals surface area contributed by atoms with Crippen molar-refractivity contribution in [3.8, 4) is 11.4 Å². The molecule has 1 amide bonds. The molecule has 4 aromatic rings. The molecule has 0 atom stereocenters. The molecule has 168 valence electrons. The molecule has 0 saturated carbocycles. The normalized spacial score (nSPS) is 10.8. The SMILES string of the molecule is Cc1ccc(F)cc1NC(=O)CSc1nnc(COc2ccccc2C)n1-c1ccccc1. The number of hydrogen-bond acceptors (Lipinski definition) is 5. The number of amides is 1. The van der Waals surface area contributed by atoms with E-state index in [0.29, 0.717) is 16.7 Å². The number of benzene rings is 3. The Labute approximate surface area is 195 Å². The number of thioether (sulfide) groups is 1. The third kappa shape index (κ3) is 5.59. The van der Waals surface area contributed by atoms with E-state index in [9.17, 15) is 9.18 Å². The topological polar surface area (TPSA) is 69.0 Å². The first-order valence-corrected chi connectivity index (χ1v) is 11.4. The molecule has 0 unspecified atom stereocenters. The summed E-state index contributed by atoms with van der Waals surface area (Å²) < 4.78 is 21.4. The number of para-hydroxylation sites is 2. The van der Waals surface area contributed by atoms with E-state index >= 15 is 0 Å². The Morgan fingerprint density at radius 1 is 1.00 bits per heavy atom. The fourth-order valence-corrected chi connectivity index (χ4v) is 4.00. The highest BCUT2D eigenvalue weighted by Gasteiger charge is 2.17. The molecule has 0 aliphatic rings. The second-order valence-corrected chi connectivity index (χ2v) is 8.36. The third-order valence-electron chi connectivity index (χ3n) is 4.97. The first kappa shape index (κ1) is 22.5. The van der Waals surface area contributed by atoms with Crippen LogP contribution in [0.2, 0.25) is 0 Å². The van der Waals surface area contributed by atoms with Crippen molar-refractivity contribution in [3.05, 3.63) is 95.6 Å². The molecule has 0 aliphatic heterocycles. The first-order valence-electron chi connectivity index (χ1n) is 10.4. The summed E-state index contributed by atoms with van der Waals surface area (Å²) in [6.07, 6.45) is 0. The predicted molar refractivity (Wildman–Crippen MR) is 127 cm³/mol. The van der Waals surface area contributed by atoms with Crippen molar-refractivity contribution in [1.82, 2.24) is 14.8 Å². The van der Waals surface area contributed by atoms with Crippen molar-refractivity contribution in [2.24, 2.45) is 0 Å². The summed E-state index contributed by atoms with van der Waals surface area (Å²) in [6, 6.07) is 21.7. The number of nitrogens with one attached hydrogen (secondary N) is 1. The molecule has 0 fully saturated rings. The molecule has 8 heteroatoms. The zero-order valence-electron chi connectivity index (χ0n) is 18.3. The minimum Gasteiger partial charge on any atom is -0.485 e. The number of anilines is 1. The fourth-order valence-electron chi connectivity index (χ4n) is 3.23. The summed E-state index contributed by atoms with van der Waals surface area (Å²) >= 11 is 1.25. The molecule has 1 N–H and O–H groups in total. The van der Waals surface area contributed by atoms with Crippen molar-refractivity contribution < 1.29 is 13.9 Å². The summed E-state index contributed by atoms with van der Waals surface area (Å²) in [5.41, 5.74) is 3.15. The Morgan fingerprint density at radius 2 is 1.76 bits per heavy atom. The van der Waals surface area contributed by atoms with Crippen molar-refractivity contribution in [2.75, 3.05) is 11.1 Å². The number of carbonyl (C=O) groups excluding carboxylic acids is 1. The molecule has 33 heavy (non-hydrogen) atoms. The zero-order valence-corrected chi connectivity index (χ0v) is 19.1. The Balaban J connectivity index is 1.51. The third-order valence-corrected chi connectivity index (χ3v) is 5.90. The van der Waals surface area contributed by atoms with Crippen LogP contribution < -0.4 is 10.1 Å². The number of hydrogen-bond donors (Lipinski definition) is 1. The number of rotatable bonds is 8. The van der Waals surface area contributed by atoms with Gasteiger partial charge in [-0.05, 0) is 55.3 Å². The predicted octanol–water partition coefficient (Wildman–Crippen LogP) is 5.33. The highest BCUT2D eigenvalue weighted by atomic mass is 32.2. The van der Waals surface area contributed by atoms with E-state index in [4.69, 9.17) is 4.74 Å². The van der Waals surface area contributed by atoms with Crippen LogP contribution in [0, 0.1) is 19.7 Å². The lowest BCUT2D eigenvalue weighted by Gasteiger charge is -2.12. The van der Waals surface area contributed by atoms with Gasteiger partial charge < -0.3 is 10.1 Å². The lowest BCUT2D eigenvalue weighted by molar-refractivity contribution is -0.113. The molecule has 0 spiro atoms. The van der Waals surface area contributed by atoms with Crippen LogP contribution in [0.4, 0.5) is 10.1 Å². The molecule has 3 aromatic carbocycles. The largest absolute Gasteiger partial charge is 0.485 e. The summed E-state index contributed by atoms with van der Waals surface area (Å²) in [6.45, 7) is 4.02. The fraction of sp³-hybridized carbons (Fsp3) is 0.160. The smallest absolute Gasteiger partial charge is 0.234 e. The maximum atomic E-state index is 13.5. The summed E-state index contributed by atoms with van der Waals surface area (Å²) in [4.78, 5) is 12.5. The molecule has 4 rings (SSSR count). The standard InChI is InChI=1S/C25H23FN4O2S/c1-17-12-13-19(26)14-21(17)27-24(31)16-33-25-29-28-23(30(25)20-9-4-3-5-10-20)15-32-22-11-7-6-8-18(22)2/h3-14H,15-16H2,1-2H3,(H,27,31). The zero-order chi connectivity index (χ0) is 23.2. The van der Waals surface area contributed by atoms with Crippen LogP contribution >= 0.6 is 11.8 Å². The van der Waals surface area contributed by atoms with E-state index in [1.165, 1.54) is 23.9 Å². The van der Waals surface area contributed by atoms with Crippen LogP contribution in [0.15, 0.2) is 78.0 Å². The van der Waals surface area contributed by atoms with Crippen LogP contribution in [-0.2, 0) is 11.4 Å². The second-order valence-electron chi connectivity index (χ2n) is 7.42. The van der Waals surface area contributed by atoms with Gasteiger partial charge in [-0.25, -0.2) is 4.39 Å². The van der Waals surface area contributed by atoms with Crippen molar-refractivity contribution in [1.29, 1.82) is 0 Å². The van der Waals surface area contributed by atoms with E-state index in [2.05, 4.69) is 15.5 Å². The summed E-state index contributed by atoms with van der Waals surface area (Å²) in [5.74, 6) is 0.840. The Morgan fingerprint density at radius 3 is 2.55 bits per heavy atom. The van der Waals surface area contributed by atoms with E-state index in [1.54, 1.807) is 6.07 Å². The quantitative estimate of drug-likeness (QED) is 0.358. The Kier molecular flexibility index (Phi) is 7.04. The lowest BCUT2D eigenvalue weighted by atomic mass is 10.2. The van der Waals surface area contributed by atoms with Crippen molar-refractivity contribution in [3.63, 3.8) is 0 Å². The molecule has 1 heterocycles. The van der Waals surface area contributed by atoms with E-state index < -0.39 is 5.82 Å². The van der Waals surface area contributed by atoms with Gasteiger partial charge in [-0.15, -0.1) is 10.2 Å². The van der Waals surface area contributed by atoms with Gasteiger partial charge >= 0.3 is 0 Å². The van der Waals surface area contributed by atoms with Crippen LogP contribution in [0.25, 0.3) is 5.69 Å². The van der Waals surface area contributed by atoms with Gasteiger partial charge in [-0.1, -0.05) is 54.2 Å². The lowest BCUT2D eigenvalue weighted by Crippen LogP contribution is -2.15. The van der Waals surface area contributed by atoms with Gasteiger partial charge in [-0.2, -0.15) is 0 Å². The molecular weight excluding hydrogens is 439 g/mol. The molecule has 0 aliphatic carbocycles. The number of halogens is 1. The average molecular weight is 463 g/mol. The number of carbonyl (C=O) groups is 1. The Bertz CT molecular complexity index is 1260. The van der Waals surface area contributed by atoms with Gasteiger partial charge in [-0.3, -0.25) is 9.36 Å². The van der Waals surface area contributed by atoms with Crippen LogP contribution in [-0.4, -0.2) is 26.4 Å². The van der Waals surface area contributed by atoms with Gasteiger partial charge in [0, 0.05) is 11.4 Å². The van der Waals surface area contributed by atoms with Crippen LogP contribution in [0.1, 0.15) is 17.0 Å². The molecular formula is C25H23FN4O2S. The van der Waals surface area contributed by atoms with Gasteiger partial charge in [0.05, 0.1) is 5.75 Å². The van der Waals surface area contributed by atoms with E-state index in [1.807, 2.05) is 73.0 Å². The number of aromatic nitrogens is 3. The molecule has 6 nitrogen and oxygen atoms in total. The van der Waals surface area contributed by atoms with Gasteiger partial charge in [0.2, 0.25) is 5.91 Å². The monoisotopic (exact) mass is 462 g/mol. The first-order chi connectivity index (χ1) is 16.0.